The van der Waals surface area contributed by atoms with E-state index >= 15 is 0 Å². The number of halogens is 2. The standard InChI is InChI=1S/C12H14BrClO/c1-11(2)6-12(11,7-15)9-4-3-8(14)5-10(9)13/h3-5,15H,6-7H2,1-2H3. The minimum absolute atomic E-state index is 0.0869. The van der Waals surface area contributed by atoms with Gasteiger partial charge in [0.25, 0.3) is 0 Å². The fourth-order valence-corrected chi connectivity index (χ4v) is 3.46. The number of aliphatic hydroxyl groups is 1. The van der Waals surface area contributed by atoms with E-state index in [1.54, 1.807) is 0 Å². The van der Waals surface area contributed by atoms with Gasteiger partial charge in [0.2, 0.25) is 0 Å². The third kappa shape index (κ3) is 1.63. The highest BCUT2D eigenvalue weighted by Gasteiger charge is 2.62. The van der Waals surface area contributed by atoms with E-state index in [9.17, 15) is 5.11 Å². The van der Waals surface area contributed by atoms with E-state index in [2.05, 4.69) is 29.8 Å². The Balaban J connectivity index is 2.46. The smallest absolute Gasteiger partial charge is 0.0533 e. The van der Waals surface area contributed by atoms with E-state index in [0.717, 1.165) is 15.9 Å². The number of benzene rings is 1. The van der Waals surface area contributed by atoms with E-state index in [-0.39, 0.29) is 17.4 Å². The van der Waals surface area contributed by atoms with Crippen LogP contribution in [0.1, 0.15) is 25.8 Å². The Morgan fingerprint density at radius 1 is 1.47 bits per heavy atom. The van der Waals surface area contributed by atoms with Crippen LogP contribution in [0.15, 0.2) is 22.7 Å². The van der Waals surface area contributed by atoms with Crippen LogP contribution in [-0.2, 0) is 5.41 Å². The topological polar surface area (TPSA) is 20.2 Å². The van der Waals surface area contributed by atoms with Gasteiger partial charge in [0, 0.05) is 14.9 Å². The van der Waals surface area contributed by atoms with Crippen LogP contribution in [0.5, 0.6) is 0 Å². The van der Waals surface area contributed by atoms with Crippen molar-refractivity contribution in [2.45, 2.75) is 25.7 Å². The highest BCUT2D eigenvalue weighted by atomic mass is 79.9. The number of aliphatic hydroxyl groups excluding tert-OH is 1. The highest BCUT2D eigenvalue weighted by Crippen LogP contribution is 2.65. The van der Waals surface area contributed by atoms with E-state index < -0.39 is 0 Å². The molecular weight excluding hydrogens is 275 g/mol. The Labute approximate surface area is 104 Å². The van der Waals surface area contributed by atoms with Gasteiger partial charge < -0.3 is 5.11 Å². The zero-order valence-electron chi connectivity index (χ0n) is 8.85. The lowest BCUT2D eigenvalue weighted by molar-refractivity contribution is 0.231. The average molecular weight is 290 g/mol. The lowest BCUT2D eigenvalue weighted by Gasteiger charge is -2.20. The molecule has 82 valence electrons. The second kappa shape index (κ2) is 3.47. The minimum Gasteiger partial charge on any atom is -0.395 e. The summed E-state index contributed by atoms with van der Waals surface area (Å²) in [7, 11) is 0. The van der Waals surface area contributed by atoms with E-state index in [1.165, 1.54) is 5.56 Å². The molecule has 2 rings (SSSR count). The van der Waals surface area contributed by atoms with E-state index in [4.69, 9.17) is 11.6 Å². The molecule has 0 heterocycles. The minimum atomic E-state index is -0.0869. The Kier molecular flexibility index (Phi) is 2.65. The summed E-state index contributed by atoms with van der Waals surface area (Å²) in [6.07, 6.45) is 1.02. The largest absolute Gasteiger partial charge is 0.395 e. The van der Waals surface area contributed by atoms with Gasteiger partial charge in [-0.15, -0.1) is 0 Å². The molecule has 0 radical (unpaired) electrons. The maximum atomic E-state index is 9.59. The Bertz CT molecular complexity index is 403. The van der Waals surface area contributed by atoms with Gasteiger partial charge in [-0.3, -0.25) is 0 Å². The number of hydrogen-bond donors (Lipinski definition) is 1. The lowest BCUT2D eigenvalue weighted by atomic mass is 9.89. The summed E-state index contributed by atoms with van der Waals surface area (Å²) in [6.45, 7) is 4.56. The zero-order valence-corrected chi connectivity index (χ0v) is 11.2. The van der Waals surface area contributed by atoms with Gasteiger partial charge in [0.15, 0.2) is 0 Å². The van der Waals surface area contributed by atoms with Crippen molar-refractivity contribution in [1.29, 1.82) is 0 Å². The van der Waals surface area contributed by atoms with Crippen LogP contribution in [-0.4, -0.2) is 11.7 Å². The van der Waals surface area contributed by atoms with Crippen molar-refractivity contribution in [2.75, 3.05) is 6.61 Å². The first kappa shape index (κ1) is 11.4. The summed E-state index contributed by atoms with van der Waals surface area (Å²) in [5.74, 6) is 0. The summed E-state index contributed by atoms with van der Waals surface area (Å²) in [5.41, 5.74) is 1.26. The molecule has 1 atom stereocenters. The molecule has 3 heteroatoms. The fraction of sp³-hybridized carbons (Fsp3) is 0.500. The van der Waals surface area contributed by atoms with Crippen LogP contribution in [0.4, 0.5) is 0 Å². The highest BCUT2D eigenvalue weighted by molar-refractivity contribution is 9.10. The maximum Gasteiger partial charge on any atom is 0.0533 e. The van der Waals surface area contributed by atoms with Crippen LogP contribution in [0.2, 0.25) is 5.02 Å². The third-order valence-electron chi connectivity index (χ3n) is 3.63. The van der Waals surface area contributed by atoms with Crippen LogP contribution in [0, 0.1) is 5.41 Å². The molecule has 1 nitrogen and oxygen atoms in total. The summed E-state index contributed by atoms with van der Waals surface area (Å²) >= 11 is 9.43. The predicted molar refractivity (Wildman–Crippen MR) is 66.3 cm³/mol. The quantitative estimate of drug-likeness (QED) is 0.879. The molecule has 0 amide bonds. The summed E-state index contributed by atoms with van der Waals surface area (Å²) in [4.78, 5) is 0. The second-order valence-electron chi connectivity index (χ2n) is 4.93. The van der Waals surface area contributed by atoms with Gasteiger partial charge in [0.05, 0.1) is 6.61 Å². The number of rotatable bonds is 2. The third-order valence-corrected chi connectivity index (χ3v) is 4.52. The molecule has 0 spiro atoms. The molecule has 1 fully saturated rings. The van der Waals surface area contributed by atoms with Gasteiger partial charge in [-0.2, -0.15) is 0 Å². The molecule has 1 N–H and O–H groups in total. The monoisotopic (exact) mass is 288 g/mol. The molecule has 1 unspecified atom stereocenters. The lowest BCUT2D eigenvalue weighted by Crippen LogP contribution is -2.19. The summed E-state index contributed by atoms with van der Waals surface area (Å²) in [5, 5.41) is 10.3. The van der Waals surface area contributed by atoms with Crippen molar-refractivity contribution < 1.29 is 5.11 Å². The summed E-state index contributed by atoms with van der Waals surface area (Å²) < 4.78 is 0.995. The van der Waals surface area contributed by atoms with Crippen molar-refractivity contribution in [3.05, 3.63) is 33.3 Å². The molecule has 15 heavy (non-hydrogen) atoms. The summed E-state index contributed by atoms with van der Waals surface area (Å²) in [6, 6.07) is 5.79. The number of hydrogen-bond acceptors (Lipinski definition) is 1. The van der Waals surface area contributed by atoms with Crippen LogP contribution in [0.3, 0.4) is 0 Å². The van der Waals surface area contributed by atoms with Gasteiger partial charge in [-0.05, 0) is 29.5 Å². The molecular formula is C12H14BrClO. The van der Waals surface area contributed by atoms with Crippen molar-refractivity contribution >= 4 is 27.5 Å². The first-order valence-corrected chi connectivity index (χ1v) is 6.16. The predicted octanol–water partition coefficient (Wildman–Crippen LogP) is 3.76. The molecule has 1 aromatic carbocycles. The van der Waals surface area contributed by atoms with Gasteiger partial charge >= 0.3 is 0 Å². The normalized spacial score (nSPS) is 27.8. The fourth-order valence-electron chi connectivity index (χ4n) is 2.40. The Morgan fingerprint density at radius 3 is 2.47 bits per heavy atom. The molecule has 0 aromatic heterocycles. The SMILES string of the molecule is CC1(C)CC1(CO)c1ccc(Cl)cc1Br. The second-order valence-corrected chi connectivity index (χ2v) is 6.22. The van der Waals surface area contributed by atoms with Crippen LogP contribution in [0.25, 0.3) is 0 Å². The maximum absolute atomic E-state index is 9.59. The average Bonchev–Trinajstić information content (AvgIpc) is 2.69. The van der Waals surface area contributed by atoms with Gasteiger partial charge in [0.1, 0.15) is 0 Å². The van der Waals surface area contributed by atoms with E-state index in [0.29, 0.717) is 0 Å². The Morgan fingerprint density at radius 2 is 2.07 bits per heavy atom. The molecule has 0 aliphatic heterocycles. The van der Waals surface area contributed by atoms with Crippen molar-refractivity contribution in [3.8, 4) is 0 Å². The van der Waals surface area contributed by atoms with Crippen LogP contribution < -0.4 is 0 Å². The molecule has 1 aliphatic carbocycles. The molecule has 1 aromatic rings. The molecule has 1 aliphatic rings. The van der Waals surface area contributed by atoms with Crippen molar-refractivity contribution in [3.63, 3.8) is 0 Å². The molecule has 0 saturated heterocycles. The first-order valence-electron chi connectivity index (χ1n) is 4.99. The van der Waals surface area contributed by atoms with Crippen LogP contribution >= 0.6 is 27.5 Å². The van der Waals surface area contributed by atoms with Crippen molar-refractivity contribution in [2.24, 2.45) is 5.41 Å². The molecule has 0 bridgehead atoms. The molecule has 1 saturated carbocycles. The first-order chi connectivity index (χ1) is 6.93. The Hall–Kier alpha value is -0.0500. The zero-order chi connectivity index (χ0) is 11.3. The van der Waals surface area contributed by atoms with Gasteiger partial charge in [-0.1, -0.05) is 47.4 Å². The van der Waals surface area contributed by atoms with Gasteiger partial charge in [-0.25, -0.2) is 0 Å². The van der Waals surface area contributed by atoms with Crippen molar-refractivity contribution in [1.82, 2.24) is 0 Å². The van der Waals surface area contributed by atoms with E-state index in [1.807, 2.05) is 18.2 Å².